The lowest BCUT2D eigenvalue weighted by Gasteiger charge is -2.23. The number of benzene rings is 1. The van der Waals surface area contributed by atoms with Gasteiger partial charge in [0.15, 0.2) is 0 Å². The van der Waals surface area contributed by atoms with Crippen molar-refractivity contribution in [3.05, 3.63) is 23.8 Å². The van der Waals surface area contributed by atoms with Crippen molar-refractivity contribution in [3.8, 4) is 0 Å². The third-order valence-electron chi connectivity index (χ3n) is 3.96. The Morgan fingerprint density at radius 3 is 2.89 bits per heavy atom. The van der Waals surface area contributed by atoms with E-state index in [2.05, 4.69) is 10.6 Å². The molecule has 3 unspecified atom stereocenters. The fourth-order valence-corrected chi connectivity index (χ4v) is 3.00. The Kier molecular flexibility index (Phi) is 3.06. The monoisotopic (exact) mass is 261 g/mol. The van der Waals surface area contributed by atoms with Gasteiger partial charge >= 0.3 is 0 Å². The van der Waals surface area contributed by atoms with Crippen LogP contribution in [0.1, 0.15) is 29.6 Å². The maximum atomic E-state index is 11.9. The zero-order valence-corrected chi connectivity index (χ0v) is 11.0. The summed E-state index contributed by atoms with van der Waals surface area (Å²) in [5, 5.41) is 6.08. The molecule has 1 aromatic rings. The minimum Gasteiger partial charge on any atom is -0.399 e. The third kappa shape index (κ3) is 2.26. The van der Waals surface area contributed by atoms with E-state index in [0.717, 1.165) is 24.9 Å². The molecule has 2 bridgehead atoms. The lowest BCUT2D eigenvalue weighted by Crippen LogP contribution is -2.31. The molecule has 0 aliphatic carbocycles. The van der Waals surface area contributed by atoms with Gasteiger partial charge in [-0.2, -0.15) is 0 Å². The van der Waals surface area contributed by atoms with E-state index < -0.39 is 0 Å². The molecule has 0 radical (unpaired) electrons. The maximum absolute atomic E-state index is 11.9. The van der Waals surface area contributed by atoms with Gasteiger partial charge in [0.2, 0.25) is 0 Å². The Hall–Kier alpha value is -1.75. The molecule has 5 nitrogen and oxygen atoms in total. The predicted octanol–water partition coefficient (Wildman–Crippen LogP) is 1.36. The number of carbonyl (C=O) groups excluding carboxylic acids is 1. The lowest BCUT2D eigenvalue weighted by atomic mass is 9.95. The van der Waals surface area contributed by atoms with Gasteiger partial charge in [-0.1, -0.05) is 0 Å². The highest BCUT2D eigenvalue weighted by atomic mass is 16.5. The zero-order valence-electron chi connectivity index (χ0n) is 11.0. The Bertz CT molecular complexity index is 503. The van der Waals surface area contributed by atoms with Crippen LogP contribution in [0.2, 0.25) is 0 Å². The summed E-state index contributed by atoms with van der Waals surface area (Å²) in [6.45, 7) is 0. The minimum atomic E-state index is -0.105. The quantitative estimate of drug-likeness (QED) is 0.718. The van der Waals surface area contributed by atoms with Gasteiger partial charge in [0.05, 0.1) is 23.8 Å². The van der Waals surface area contributed by atoms with E-state index in [0.29, 0.717) is 17.4 Å². The van der Waals surface area contributed by atoms with Crippen molar-refractivity contribution in [3.63, 3.8) is 0 Å². The predicted molar refractivity (Wildman–Crippen MR) is 74.2 cm³/mol. The Balaban J connectivity index is 1.83. The van der Waals surface area contributed by atoms with E-state index in [1.807, 2.05) is 6.07 Å². The van der Waals surface area contributed by atoms with Crippen LogP contribution in [-0.4, -0.2) is 31.2 Å². The summed E-state index contributed by atoms with van der Waals surface area (Å²) in [5.74, 6) is -0.105. The zero-order chi connectivity index (χ0) is 13.4. The number of anilines is 2. The van der Waals surface area contributed by atoms with Crippen molar-refractivity contribution >= 4 is 17.3 Å². The normalized spacial score (nSPS) is 28.4. The Labute approximate surface area is 112 Å². The molecule has 5 heteroatoms. The molecule has 1 aromatic carbocycles. The molecule has 2 heterocycles. The van der Waals surface area contributed by atoms with Gasteiger partial charge in [-0.25, -0.2) is 0 Å². The molecule has 102 valence electrons. The number of nitrogens with one attached hydrogen (secondary N) is 2. The van der Waals surface area contributed by atoms with Crippen LogP contribution in [0.5, 0.6) is 0 Å². The lowest BCUT2D eigenvalue weighted by molar-refractivity contribution is 0.0962. The second-order valence-electron chi connectivity index (χ2n) is 5.24. The summed E-state index contributed by atoms with van der Waals surface area (Å²) in [5.41, 5.74) is 7.89. The summed E-state index contributed by atoms with van der Waals surface area (Å²) < 4.78 is 5.82. The highest BCUT2D eigenvalue weighted by Crippen LogP contribution is 2.36. The van der Waals surface area contributed by atoms with E-state index in [-0.39, 0.29) is 18.1 Å². The number of rotatable bonds is 3. The Morgan fingerprint density at radius 2 is 2.26 bits per heavy atom. The van der Waals surface area contributed by atoms with Crippen molar-refractivity contribution in [1.82, 2.24) is 5.32 Å². The fraction of sp³-hybridized carbons (Fsp3) is 0.500. The van der Waals surface area contributed by atoms with Crippen LogP contribution < -0.4 is 16.4 Å². The summed E-state index contributed by atoms with van der Waals surface area (Å²) >= 11 is 0. The van der Waals surface area contributed by atoms with Crippen LogP contribution in [0, 0.1) is 0 Å². The number of carbonyl (C=O) groups is 1. The van der Waals surface area contributed by atoms with Crippen molar-refractivity contribution in [2.24, 2.45) is 0 Å². The number of nitrogen functional groups attached to an aromatic ring is 1. The first-order valence-corrected chi connectivity index (χ1v) is 6.71. The molecule has 4 N–H and O–H groups in total. The number of fused-ring (bicyclic) bond motifs is 2. The first kappa shape index (κ1) is 12.3. The molecule has 2 aliphatic rings. The van der Waals surface area contributed by atoms with E-state index in [4.69, 9.17) is 10.5 Å². The molecule has 0 spiro atoms. The largest absolute Gasteiger partial charge is 0.399 e. The number of hydrogen-bond donors (Lipinski definition) is 3. The van der Waals surface area contributed by atoms with Gasteiger partial charge in [-0.3, -0.25) is 4.79 Å². The van der Waals surface area contributed by atoms with Crippen molar-refractivity contribution < 1.29 is 9.53 Å². The Morgan fingerprint density at radius 1 is 1.42 bits per heavy atom. The van der Waals surface area contributed by atoms with E-state index in [1.54, 1.807) is 19.2 Å². The molecule has 2 fully saturated rings. The van der Waals surface area contributed by atoms with Gasteiger partial charge in [0.1, 0.15) is 0 Å². The number of amides is 1. The minimum absolute atomic E-state index is 0.105. The molecule has 2 saturated heterocycles. The van der Waals surface area contributed by atoms with Gasteiger partial charge < -0.3 is 21.1 Å². The maximum Gasteiger partial charge on any atom is 0.253 e. The highest BCUT2D eigenvalue weighted by Gasteiger charge is 2.40. The molecule has 0 aromatic heterocycles. The standard InChI is InChI=1S/C14H19N3O2/c1-16-14(18)10-4-2-8(15)6-11(10)17-12-7-9-3-5-13(12)19-9/h2,4,6,9,12-13,17H,3,5,7,15H2,1H3,(H,16,18). The topological polar surface area (TPSA) is 76.4 Å². The summed E-state index contributed by atoms with van der Waals surface area (Å²) in [6.07, 6.45) is 3.91. The first-order chi connectivity index (χ1) is 9.17. The number of hydrogen-bond acceptors (Lipinski definition) is 4. The van der Waals surface area contributed by atoms with Crippen molar-refractivity contribution in [2.45, 2.75) is 37.5 Å². The number of nitrogens with two attached hydrogens (primary N) is 1. The van der Waals surface area contributed by atoms with Crippen molar-refractivity contribution in [1.29, 1.82) is 0 Å². The molecular weight excluding hydrogens is 242 g/mol. The van der Waals surface area contributed by atoms with E-state index in [1.165, 1.54) is 0 Å². The van der Waals surface area contributed by atoms with Crippen LogP contribution in [0.4, 0.5) is 11.4 Å². The highest BCUT2D eigenvalue weighted by molar-refractivity contribution is 6.00. The summed E-state index contributed by atoms with van der Waals surface area (Å²) in [7, 11) is 1.63. The third-order valence-corrected chi connectivity index (χ3v) is 3.96. The van der Waals surface area contributed by atoms with Gasteiger partial charge in [-0.05, 0) is 37.5 Å². The van der Waals surface area contributed by atoms with E-state index in [9.17, 15) is 4.79 Å². The van der Waals surface area contributed by atoms with Crippen LogP contribution in [0.15, 0.2) is 18.2 Å². The molecule has 3 atom stereocenters. The average molecular weight is 261 g/mol. The van der Waals surface area contributed by atoms with E-state index >= 15 is 0 Å². The second-order valence-corrected chi connectivity index (χ2v) is 5.24. The summed E-state index contributed by atoms with van der Waals surface area (Å²) in [6, 6.07) is 5.60. The smallest absolute Gasteiger partial charge is 0.253 e. The molecule has 3 rings (SSSR count). The SMILES string of the molecule is CNC(=O)c1ccc(N)cc1NC1CC2CCC1O2. The van der Waals surface area contributed by atoms with Crippen LogP contribution >= 0.6 is 0 Å². The first-order valence-electron chi connectivity index (χ1n) is 6.71. The molecule has 0 saturated carbocycles. The molecule has 2 aliphatic heterocycles. The molecule has 1 amide bonds. The molecular formula is C14H19N3O2. The summed E-state index contributed by atoms with van der Waals surface area (Å²) in [4.78, 5) is 11.9. The van der Waals surface area contributed by atoms with Gasteiger partial charge in [0, 0.05) is 18.4 Å². The average Bonchev–Trinajstić information content (AvgIpc) is 3.00. The fourth-order valence-electron chi connectivity index (χ4n) is 3.00. The van der Waals surface area contributed by atoms with Gasteiger partial charge in [0.25, 0.3) is 5.91 Å². The van der Waals surface area contributed by atoms with Crippen LogP contribution in [0.25, 0.3) is 0 Å². The van der Waals surface area contributed by atoms with Crippen molar-refractivity contribution in [2.75, 3.05) is 18.1 Å². The molecule has 19 heavy (non-hydrogen) atoms. The number of ether oxygens (including phenoxy) is 1. The van der Waals surface area contributed by atoms with Crippen LogP contribution in [-0.2, 0) is 4.74 Å². The second kappa shape index (κ2) is 4.74. The van der Waals surface area contributed by atoms with Gasteiger partial charge in [-0.15, -0.1) is 0 Å². The van der Waals surface area contributed by atoms with Crippen LogP contribution in [0.3, 0.4) is 0 Å².